The lowest BCUT2D eigenvalue weighted by Gasteiger charge is -2.16. The van der Waals surface area contributed by atoms with Crippen LogP contribution >= 0.6 is 15.9 Å². The maximum absolute atomic E-state index is 12.5. The van der Waals surface area contributed by atoms with Gasteiger partial charge in [0.25, 0.3) is 0 Å². The molecule has 2 aromatic carbocycles. The molecule has 120 valence electrons. The Bertz CT molecular complexity index is 673. The molecule has 5 heteroatoms. The van der Waals surface area contributed by atoms with E-state index in [-0.39, 0.29) is 12.5 Å². The summed E-state index contributed by atoms with van der Waals surface area (Å²) in [6.07, 6.45) is 0.305. The van der Waals surface area contributed by atoms with Crippen molar-refractivity contribution < 1.29 is 14.3 Å². The van der Waals surface area contributed by atoms with Gasteiger partial charge in [-0.3, -0.25) is 9.59 Å². The van der Waals surface area contributed by atoms with Crippen LogP contribution in [0.25, 0.3) is 0 Å². The topological polar surface area (TPSA) is 55.4 Å². The average Bonchev–Trinajstić information content (AvgIpc) is 2.53. The second-order valence-electron chi connectivity index (χ2n) is 4.99. The maximum Gasteiger partial charge on any atom is 0.318 e. The van der Waals surface area contributed by atoms with Gasteiger partial charge in [-0.2, -0.15) is 0 Å². The molecule has 0 aromatic heterocycles. The fourth-order valence-corrected chi connectivity index (χ4v) is 2.57. The predicted octanol–water partition coefficient (Wildman–Crippen LogP) is 3.81. The Balaban J connectivity index is 2.15. The number of carbonyl (C=O) groups excluding carboxylic acids is 2. The van der Waals surface area contributed by atoms with Crippen LogP contribution < -0.4 is 5.32 Å². The van der Waals surface area contributed by atoms with E-state index in [1.54, 1.807) is 19.1 Å². The minimum Gasteiger partial charge on any atom is -0.465 e. The first kappa shape index (κ1) is 17.2. The van der Waals surface area contributed by atoms with Gasteiger partial charge in [0.05, 0.1) is 6.61 Å². The Morgan fingerprint density at radius 2 is 1.87 bits per heavy atom. The minimum absolute atomic E-state index is 0.244. The van der Waals surface area contributed by atoms with E-state index < -0.39 is 11.9 Å². The fourth-order valence-electron chi connectivity index (χ4n) is 2.17. The van der Waals surface area contributed by atoms with Crippen molar-refractivity contribution in [2.24, 2.45) is 5.92 Å². The zero-order chi connectivity index (χ0) is 16.7. The molecule has 0 aliphatic heterocycles. The molecule has 0 saturated carbocycles. The predicted molar refractivity (Wildman–Crippen MR) is 93.0 cm³/mol. The summed E-state index contributed by atoms with van der Waals surface area (Å²) in [6, 6.07) is 16.7. The van der Waals surface area contributed by atoms with Crippen molar-refractivity contribution in [2.45, 2.75) is 13.3 Å². The van der Waals surface area contributed by atoms with Crippen LogP contribution in [0.3, 0.4) is 0 Å². The van der Waals surface area contributed by atoms with Gasteiger partial charge in [-0.1, -0.05) is 52.3 Å². The Kier molecular flexibility index (Phi) is 6.35. The zero-order valence-corrected chi connectivity index (χ0v) is 14.4. The van der Waals surface area contributed by atoms with Crippen LogP contribution in [0.5, 0.6) is 0 Å². The summed E-state index contributed by atoms with van der Waals surface area (Å²) in [5.41, 5.74) is 1.54. The van der Waals surface area contributed by atoms with Crippen LogP contribution in [0.15, 0.2) is 59.1 Å². The summed E-state index contributed by atoms with van der Waals surface area (Å²) < 4.78 is 5.90. The molecule has 1 amide bonds. The normalized spacial score (nSPS) is 11.6. The Labute approximate surface area is 144 Å². The molecule has 2 aromatic rings. The standard InChI is InChI=1S/C18H18BrNO3/c1-2-23-18(22)16(11-13-7-4-3-5-8-13)17(21)20-15-10-6-9-14(19)12-15/h3-10,12,16H,2,11H2,1H3,(H,20,21). The summed E-state index contributed by atoms with van der Waals surface area (Å²) in [7, 11) is 0. The number of hydrogen-bond donors (Lipinski definition) is 1. The number of halogens is 1. The van der Waals surface area contributed by atoms with E-state index in [4.69, 9.17) is 4.74 Å². The lowest BCUT2D eigenvalue weighted by molar-refractivity contribution is -0.150. The van der Waals surface area contributed by atoms with Gasteiger partial charge < -0.3 is 10.1 Å². The smallest absolute Gasteiger partial charge is 0.318 e. The first-order chi connectivity index (χ1) is 11.1. The van der Waals surface area contributed by atoms with E-state index in [2.05, 4.69) is 21.2 Å². The molecule has 2 rings (SSSR count). The first-order valence-corrected chi connectivity index (χ1v) is 8.16. The molecule has 0 bridgehead atoms. The van der Waals surface area contributed by atoms with Crippen LogP contribution in [0.4, 0.5) is 5.69 Å². The number of benzene rings is 2. The summed E-state index contributed by atoms with van der Waals surface area (Å²) in [5.74, 6) is -1.76. The van der Waals surface area contributed by atoms with Crippen LogP contribution in [-0.4, -0.2) is 18.5 Å². The summed E-state index contributed by atoms with van der Waals surface area (Å²) in [6.45, 7) is 1.97. The molecule has 0 radical (unpaired) electrons. The first-order valence-electron chi connectivity index (χ1n) is 7.37. The molecule has 0 spiro atoms. The highest BCUT2D eigenvalue weighted by molar-refractivity contribution is 9.10. The van der Waals surface area contributed by atoms with Crippen molar-refractivity contribution in [2.75, 3.05) is 11.9 Å². The monoisotopic (exact) mass is 375 g/mol. The number of carbonyl (C=O) groups is 2. The minimum atomic E-state index is -0.878. The van der Waals surface area contributed by atoms with Crippen molar-refractivity contribution in [1.29, 1.82) is 0 Å². The summed E-state index contributed by atoms with van der Waals surface area (Å²) in [4.78, 5) is 24.7. The number of ether oxygens (including phenoxy) is 1. The Morgan fingerprint density at radius 1 is 1.13 bits per heavy atom. The van der Waals surface area contributed by atoms with E-state index in [1.165, 1.54) is 0 Å². The second kappa shape index (κ2) is 8.48. The quantitative estimate of drug-likeness (QED) is 0.616. The molecule has 0 saturated heterocycles. The number of anilines is 1. The van der Waals surface area contributed by atoms with E-state index in [1.807, 2.05) is 42.5 Å². The van der Waals surface area contributed by atoms with Gasteiger partial charge in [0, 0.05) is 10.2 Å². The van der Waals surface area contributed by atoms with Crippen LogP contribution in [0.1, 0.15) is 12.5 Å². The van der Waals surface area contributed by atoms with E-state index in [0.29, 0.717) is 12.1 Å². The number of amides is 1. The zero-order valence-electron chi connectivity index (χ0n) is 12.8. The second-order valence-corrected chi connectivity index (χ2v) is 5.91. The molecule has 0 aliphatic carbocycles. The van der Waals surface area contributed by atoms with Crippen molar-refractivity contribution >= 4 is 33.5 Å². The van der Waals surface area contributed by atoms with Gasteiger partial charge in [-0.15, -0.1) is 0 Å². The van der Waals surface area contributed by atoms with Gasteiger partial charge in [0.1, 0.15) is 5.92 Å². The molecule has 0 heterocycles. The highest BCUT2D eigenvalue weighted by Crippen LogP contribution is 2.18. The molecule has 4 nitrogen and oxygen atoms in total. The maximum atomic E-state index is 12.5. The molecule has 1 atom stereocenters. The van der Waals surface area contributed by atoms with Crippen LogP contribution in [0, 0.1) is 5.92 Å². The van der Waals surface area contributed by atoms with Crippen molar-refractivity contribution in [3.8, 4) is 0 Å². The van der Waals surface area contributed by atoms with Gasteiger partial charge in [-0.25, -0.2) is 0 Å². The Morgan fingerprint density at radius 3 is 2.52 bits per heavy atom. The number of rotatable bonds is 6. The highest BCUT2D eigenvalue weighted by Gasteiger charge is 2.28. The van der Waals surface area contributed by atoms with Gasteiger partial charge >= 0.3 is 5.97 Å². The summed E-state index contributed by atoms with van der Waals surface area (Å²) >= 11 is 3.35. The molecular formula is C18H18BrNO3. The third-order valence-electron chi connectivity index (χ3n) is 3.26. The van der Waals surface area contributed by atoms with Gasteiger partial charge in [-0.05, 0) is 37.1 Å². The van der Waals surface area contributed by atoms with Gasteiger partial charge in [0.15, 0.2) is 0 Å². The largest absolute Gasteiger partial charge is 0.465 e. The van der Waals surface area contributed by atoms with Crippen molar-refractivity contribution in [1.82, 2.24) is 0 Å². The van der Waals surface area contributed by atoms with E-state index >= 15 is 0 Å². The average molecular weight is 376 g/mol. The van der Waals surface area contributed by atoms with E-state index in [0.717, 1.165) is 10.0 Å². The highest BCUT2D eigenvalue weighted by atomic mass is 79.9. The molecule has 1 unspecified atom stereocenters. The SMILES string of the molecule is CCOC(=O)C(Cc1ccccc1)C(=O)Nc1cccc(Br)c1. The van der Waals surface area contributed by atoms with E-state index in [9.17, 15) is 9.59 Å². The van der Waals surface area contributed by atoms with Crippen LogP contribution in [0.2, 0.25) is 0 Å². The Hall–Kier alpha value is -2.14. The molecule has 1 N–H and O–H groups in total. The van der Waals surface area contributed by atoms with Gasteiger partial charge in [0.2, 0.25) is 5.91 Å². The number of nitrogens with one attached hydrogen (secondary N) is 1. The third kappa shape index (κ3) is 5.21. The number of esters is 1. The molecular weight excluding hydrogens is 358 g/mol. The van der Waals surface area contributed by atoms with Crippen molar-refractivity contribution in [3.63, 3.8) is 0 Å². The van der Waals surface area contributed by atoms with Crippen molar-refractivity contribution in [3.05, 3.63) is 64.6 Å². The fraction of sp³-hybridized carbons (Fsp3) is 0.222. The van der Waals surface area contributed by atoms with Crippen LogP contribution in [-0.2, 0) is 20.7 Å². The third-order valence-corrected chi connectivity index (χ3v) is 3.76. The molecule has 0 aliphatic rings. The summed E-state index contributed by atoms with van der Waals surface area (Å²) in [5, 5.41) is 2.77. The lowest BCUT2D eigenvalue weighted by atomic mass is 9.98. The molecule has 23 heavy (non-hydrogen) atoms. The lowest BCUT2D eigenvalue weighted by Crippen LogP contribution is -2.33. The number of hydrogen-bond acceptors (Lipinski definition) is 3. The molecule has 0 fully saturated rings.